The maximum Gasteiger partial charge on any atom is 0.0919 e. The van der Waals surface area contributed by atoms with E-state index in [1.165, 1.54) is 53.5 Å². The smallest absolute Gasteiger partial charge is 0.0919 e. The van der Waals surface area contributed by atoms with E-state index in [4.69, 9.17) is 4.99 Å². The maximum absolute atomic E-state index is 4.72. The van der Waals surface area contributed by atoms with Crippen LogP contribution < -0.4 is 0 Å². The van der Waals surface area contributed by atoms with Gasteiger partial charge in [0.25, 0.3) is 0 Å². The zero-order valence-electron chi connectivity index (χ0n) is 15.8. The van der Waals surface area contributed by atoms with Crippen LogP contribution in [0, 0.1) is 13.8 Å². The molecule has 2 aromatic rings. The zero-order valence-corrected chi connectivity index (χ0v) is 15.8. The highest BCUT2D eigenvalue weighted by atomic mass is 15.2. The van der Waals surface area contributed by atoms with Gasteiger partial charge in [0.1, 0.15) is 0 Å². The number of hydrogen-bond acceptors (Lipinski definition) is 2. The minimum atomic E-state index is -0.179. The standard InChI is InChI=1S/C23H28N2/c1-16-9-10-17(2)20(13-16)23(3)21-14-19(18-7-5-6-8-18)11-12-22(21)24-15-25(23)4/h9-15,18H,5-8H2,1-4H3. The normalized spacial score (nSPS) is 23.1. The van der Waals surface area contributed by atoms with Gasteiger partial charge in [0.05, 0.1) is 17.6 Å². The molecule has 0 aromatic heterocycles. The molecule has 1 saturated carbocycles. The predicted molar refractivity (Wildman–Crippen MR) is 106 cm³/mol. The lowest BCUT2D eigenvalue weighted by molar-refractivity contribution is 0.290. The van der Waals surface area contributed by atoms with Crippen molar-refractivity contribution in [3.63, 3.8) is 0 Å². The van der Waals surface area contributed by atoms with E-state index in [1.54, 1.807) is 0 Å². The van der Waals surface area contributed by atoms with Gasteiger partial charge in [-0.1, -0.05) is 48.7 Å². The van der Waals surface area contributed by atoms with E-state index in [0.29, 0.717) is 0 Å². The molecule has 1 heterocycles. The fourth-order valence-corrected chi connectivity index (χ4v) is 4.62. The second kappa shape index (κ2) is 6.01. The summed E-state index contributed by atoms with van der Waals surface area (Å²) in [5, 5.41) is 0. The molecule has 0 N–H and O–H groups in total. The van der Waals surface area contributed by atoms with E-state index in [0.717, 1.165) is 11.6 Å². The van der Waals surface area contributed by atoms with Gasteiger partial charge in [-0.05, 0) is 62.3 Å². The van der Waals surface area contributed by atoms with Gasteiger partial charge in [-0.3, -0.25) is 0 Å². The lowest BCUT2D eigenvalue weighted by atomic mass is 9.77. The maximum atomic E-state index is 4.72. The van der Waals surface area contributed by atoms with Gasteiger partial charge < -0.3 is 4.90 Å². The van der Waals surface area contributed by atoms with Crippen molar-refractivity contribution in [1.82, 2.24) is 4.90 Å². The third-order valence-electron chi connectivity index (χ3n) is 6.36. The first-order valence-corrected chi connectivity index (χ1v) is 9.49. The van der Waals surface area contributed by atoms with Crippen molar-refractivity contribution in [1.29, 1.82) is 0 Å². The molecule has 0 saturated heterocycles. The van der Waals surface area contributed by atoms with Crippen molar-refractivity contribution in [3.05, 3.63) is 64.2 Å². The highest BCUT2D eigenvalue weighted by Crippen LogP contribution is 2.45. The molecule has 25 heavy (non-hydrogen) atoms. The first kappa shape index (κ1) is 16.4. The van der Waals surface area contributed by atoms with Crippen LogP contribution in [-0.4, -0.2) is 18.3 Å². The second-order valence-electron chi connectivity index (χ2n) is 8.00. The molecule has 1 unspecified atom stereocenters. The summed E-state index contributed by atoms with van der Waals surface area (Å²) >= 11 is 0. The van der Waals surface area contributed by atoms with E-state index in [-0.39, 0.29) is 5.54 Å². The molecule has 0 amide bonds. The van der Waals surface area contributed by atoms with Crippen molar-refractivity contribution in [2.45, 2.75) is 57.9 Å². The molecule has 2 heteroatoms. The van der Waals surface area contributed by atoms with Gasteiger partial charge >= 0.3 is 0 Å². The second-order valence-corrected chi connectivity index (χ2v) is 8.00. The molecule has 1 aliphatic heterocycles. The van der Waals surface area contributed by atoms with Crippen LogP contribution in [0.2, 0.25) is 0 Å². The van der Waals surface area contributed by atoms with Gasteiger partial charge in [-0.2, -0.15) is 0 Å². The number of benzene rings is 2. The first-order chi connectivity index (χ1) is 12.0. The summed E-state index contributed by atoms with van der Waals surface area (Å²) in [5.74, 6) is 0.726. The molecule has 2 aliphatic rings. The fourth-order valence-electron chi connectivity index (χ4n) is 4.62. The van der Waals surface area contributed by atoms with E-state index in [2.05, 4.69) is 69.1 Å². The molecule has 2 nitrogen and oxygen atoms in total. The molecule has 4 rings (SSSR count). The van der Waals surface area contributed by atoms with Crippen LogP contribution in [0.3, 0.4) is 0 Å². The van der Waals surface area contributed by atoms with Gasteiger partial charge in [-0.25, -0.2) is 4.99 Å². The Morgan fingerprint density at radius 3 is 2.52 bits per heavy atom. The van der Waals surface area contributed by atoms with Crippen molar-refractivity contribution in [3.8, 4) is 0 Å². The molecule has 1 fully saturated rings. The highest BCUT2D eigenvalue weighted by Gasteiger charge is 2.38. The van der Waals surface area contributed by atoms with Crippen LogP contribution in [0.15, 0.2) is 41.4 Å². The molecule has 0 radical (unpaired) electrons. The number of rotatable bonds is 2. The van der Waals surface area contributed by atoms with E-state index < -0.39 is 0 Å². The summed E-state index contributed by atoms with van der Waals surface area (Å²) in [6.07, 6.45) is 7.39. The Balaban J connectivity index is 1.90. The van der Waals surface area contributed by atoms with E-state index in [9.17, 15) is 0 Å². The molecule has 1 aliphatic carbocycles. The summed E-state index contributed by atoms with van der Waals surface area (Å²) < 4.78 is 0. The largest absolute Gasteiger partial charge is 0.352 e. The summed E-state index contributed by atoms with van der Waals surface area (Å²) in [5.41, 5.74) is 7.81. The lowest BCUT2D eigenvalue weighted by Crippen LogP contribution is -2.43. The summed E-state index contributed by atoms with van der Waals surface area (Å²) in [4.78, 5) is 6.99. The van der Waals surface area contributed by atoms with Crippen LogP contribution in [0.5, 0.6) is 0 Å². The summed E-state index contributed by atoms with van der Waals surface area (Å²) in [6.45, 7) is 6.75. The van der Waals surface area contributed by atoms with Gasteiger partial charge in [0.15, 0.2) is 0 Å². The third-order valence-corrected chi connectivity index (χ3v) is 6.36. The molecule has 0 spiro atoms. The quantitative estimate of drug-likeness (QED) is 0.675. The third kappa shape index (κ3) is 2.59. The van der Waals surface area contributed by atoms with Crippen LogP contribution >= 0.6 is 0 Å². The Morgan fingerprint density at radius 1 is 1.00 bits per heavy atom. The number of aliphatic imine (C=N–C) groups is 1. The lowest BCUT2D eigenvalue weighted by Gasteiger charge is -2.43. The first-order valence-electron chi connectivity index (χ1n) is 9.49. The van der Waals surface area contributed by atoms with Crippen molar-refractivity contribution >= 4 is 12.0 Å². The molecule has 0 bridgehead atoms. The van der Waals surface area contributed by atoms with Crippen LogP contribution in [-0.2, 0) is 5.54 Å². The van der Waals surface area contributed by atoms with Crippen LogP contribution in [0.25, 0.3) is 0 Å². The van der Waals surface area contributed by atoms with Gasteiger partial charge in [-0.15, -0.1) is 0 Å². The Bertz CT molecular complexity index is 830. The molecular weight excluding hydrogens is 304 g/mol. The minimum absolute atomic E-state index is 0.179. The van der Waals surface area contributed by atoms with E-state index in [1.807, 2.05) is 6.34 Å². The number of aryl methyl sites for hydroxylation is 2. The van der Waals surface area contributed by atoms with Crippen molar-refractivity contribution in [2.24, 2.45) is 4.99 Å². The van der Waals surface area contributed by atoms with Gasteiger partial charge in [0, 0.05) is 12.6 Å². The van der Waals surface area contributed by atoms with Crippen molar-refractivity contribution in [2.75, 3.05) is 7.05 Å². The van der Waals surface area contributed by atoms with E-state index >= 15 is 0 Å². The fraction of sp³-hybridized carbons (Fsp3) is 0.435. The molecule has 2 aromatic carbocycles. The molecule has 1 atom stereocenters. The summed E-state index contributed by atoms with van der Waals surface area (Å²) in [6, 6.07) is 13.8. The Kier molecular flexibility index (Phi) is 3.94. The average Bonchev–Trinajstić information content (AvgIpc) is 3.15. The molecular formula is C23H28N2. The monoisotopic (exact) mass is 332 g/mol. The van der Waals surface area contributed by atoms with Gasteiger partial charge in [0.2, 0.25) is 0 Å². The topological polar surface area (TPSA) is 15.6 Å². The number of hydrogen-bond donors (Lipinski definition) is 0. The Hall–Kier alpha value is -2.09. The van der Waals surface area contributed by atoms with Crippen molar-refractivity contribution < 1.29 is 0 Å². The van der Waals surface area contributed by atoms with Crippen LogP contribution in [0.1, 0.15) is 66.3 Å². The predicted octanol–water partition coefficient (Wildman–Crippen LogP) is 5.83. The summed E-state index contributed by atoms with van der Waals surface area (Å²) in [7, 11) is 2.15. The number of fused-ring (bicyclic) bond motifs is 1. The Labute approximate surface area is 151 Å². The SMILES string of the molecule is Cc1ccc(C)c(C2(C)c3cc(C4CCCC4)ccc3N=CN2C)c1. The Morgan fingerprint density at radius 2 is 1.76 bits per heavy atom. The molecule has 130 valence electrons. The number of nitrogens with zero attached hydrogens (tertiary/aromatic N) is 2. The zero-order chi connectivity index (χ0) is 17.6. The van der Waals surface area contributed by atoms with Crippen LogP contribution in [0.4, 0.5) is 5.69 Å². The highest BCUT2D eigenvalue weighted by molar-refractivity contribution is 5.72. The minimum Gasteiger partial charge on any atom is -0.352 e. The average molecular weight is 332 g/mol.